The molecule has 0 aliphatic rings. The van der Waals surface area contributed by atoms with Crippen LogP contribution in [0.5, 0.6) is 0 Å². The summed E-state index contributed by atoms with van der Waals surface area (Å²) in [5, 5.41) is 0. The summed E-state index contributed by atoms with van der Waals surface area (Å²) >= 11 is 3.43. The van der Waals surface area contributed by atoms with Crippen LogP contribution in [0.15, 0.2) is 59.3 Å². The highest BCUT2D eigenvalue weighted by molar-refractivity contribution is 9.10. The molecule has 1 aromatic carbocycles. The van der Waals surface area contributed by atoms with Gasteiger partial charge in [0.1, 0.15) is 0 Å². The highest BCUT2D eigenvalue weighted by Gasteiger charge is 2.13. The van der Waals surface area contributed by atoms with Crippen molar-refractivity contribution in [1.29, 1.82) is 0 Å². The van der Waals surface area contributed by atoms with Crippen molar-refractivity contribution in [2.75, 3.05) is 0 Å². The molecule has 0 bridgehead atoms. The summed E-state index contributed by atoms with van der Waals surface area (Å²) in [4.78, 5) is 13.3. The van der Waals surface area contributed by atoms with Gasteiger partial charge in [-0.25, -0.2) is 9.97 Å². The molecule has 110 valence electrons. The molecule has 2 heterocycles. The van der Waals surface area contributed by atoms with E-state index in [1.165, 1.54) is 0 Å². The molecule has 0 fully saturated rings. The maximum absolute atomic E-state index is 6.32. The molecule has 2 N–H and O–H groups in total. The lowest BCUT2D eigenvalue weighted by Crippen LogP contribution is -2.15. The van der Waals surface area contributed by atoms with E-state index in [1.54, 1.807) is 12.4 Å². The molecule has 3 rings (SSSR count). The third-order valence-corrected chi connectivity index (χ3v) is 3.87. The number of pyridine rings is 1. The van der Waals surface area contributed by atoms with Gasteiger partial charge in [-0.05, 0) is 36.8 Å². The van der Waals surface area contributed by atoms with E-state index in [4.69, 9.17) is 5.73 Å². The number of benzene rings is 1. The van der Waals surface area contributed by atoms with Gasteiger partial charge >= 0.3 is 0 Å². The van der Waals surface area contributed by atoms with E-state index in [1.807, 2.05) is 49.4 Å². The second-order valence-corrected chi connectivity index (χ2v) is 5.94. The van der Waals surface area contributed by atoms with Crippen molar-refractivity contribution < 1.29 is 0 Å². The predicted octanol–water partition coefficient (Wildman–Crippen LogP) is 3.66. The molecule has 3 aromatic rings. The fourth-order valence-corrected chi connectivity index (χ4v) is 2.48. The van der Waals surface area contributed by atoms with Gasteiger partial charge in [-0.15, -0.1) is 0 Å². The van der Waals surface area contributed by atoms with Crippen LogP contribution in [-0.2, 0) is 0 Å². The quantitative estimate of drug-likeness (QED) is 0.779. The molecule has 0 radical (unpaired) electrons. The minimum atomic E-state index is -0.315. The van der Waals surface area contributed by atoms with Gasteiger partial charge < -0.3 is 5.73 Å². The second kappa shape index (κ2) is 6.34. The van der Waals surface area contributed by atoms with Gasteiger partial charge in [0.2, 0.25) is 0 Å². The van der Waals surface area contributed by atoms with Gasteiger partial charge in [0.15, 0.2) is 5.82 Å². The van der Waals surface area contributed by atoms with Crippen molar-refractivity contribution in [3.8, 4) is 11.4 Å². The number of aromatic nitrogens is 3. The van der Waals surface area contributed by atoms with Crippen LogP contribution < -0.4 is 5.73 Å². The Labute approximate surface area is 137 Å². The number of aryl methyl sites for hydroxylation is 1. The Hall–Kier alpha value is -2.11. The van der Waals surface area contributed by atoms with Crippen LogP contribution in [0.1, 0.15) is 23.0 Å². The molecular formula is C17H15BrN4. The number of rotatable bonds is 3. The van der Waals surface area contributed by atoms with E-state index < -0.39 is 0 Å². The van der Waals surface area contributed by atoms with E-state index in [-0.39, 0.29) is 6.04 Å². The molecule has 0 saturated carbocycles. The Morgan fingerprint density at radius 3 is 2.55 bits per heavy atom. The Morgan fingerprint density at radius 2 is 1.86 bits per heavy atom. The largest absolute Gasteiger partial charge is 0.319 e. The minimum Gasteiger partial charge on any atom is -0.319 e. The molecule has 5 heteroatoms. The lowest BCUT2D eigenvalue weighted by atomic mass is 10.1. The second-order valence-electron chi connectivity index (χ2n) is 5.03. The van der Waals surface area contributed by atoms with Crippen LogP contribution in [0.2, 0.25) is 0 Å². The fourth-order valence-electron chi connectivity index (χ4n) is 2.21. The van der Waals surface area contributed by atoms with E-state index in [2.05, 4.69) is 30.9 Å². The summed E-state index contributed by atoms with van der Waals surface area (Å²) in [6, 6.07) is 13.3. The number of hydrogen-bond donors (Lipinski definition) is 1. The van der Waals surface area contributed by atoms with E-state index in [9.17, 15) is 0 Å². The Morgan fingerprint density at radius 1 is 1.09 bits per heavy atom. The zero-order chi connectivity index (χ0) is 15.5. The number of halogens is 1. The standard InChI is InChI=1S/C17H15BrN4/c1-11-9-15(16(19)13-3-2-8-20-10-13)22-17(21-11)12-4-6-14(18)7-5-12/h2-10,16H,19H2,1H3. The van der Waals surface area contributed by atoms with Crippen LogP contribution in [0.4, 0.5) is 0 Å². The van der Waals surface area contributed by atoms with Crippen molar-refractivity contribution in [2.24, 2.45) is 5.73 Å². The van der Waals surface area contributed by atoms with Crippen LogP contribution in [0, 0.1) is 6.92 Å². The topological polar surface area (TPSA) is 64.7 Å². The SMILES string of the molecule is Cc1cc(C(N)c2cccnc2)nc(-c2ccc(Br)cc2)n1. The number of nitrogens with two attached hydrogens (primary N) is 1. The highest BCUT2D eigenvalue weighted by Crippen LogP contribution is 2.23. The van der Waals surface area contributed by atoms with Crippen LogP contribution in [-0.4, -0.2) is 15.0 Å². The molecule has 22 heavy (non-hydrogen) atoms. The smallest absolute Gasteiger partial charge is 0.159 e. The van der Waals surface area contributed by atoms with E-state index in [0.29, 0.717) is 5.82 Å². The van der Waals surface area contributed by atoms with Gasteiger partial charge in [-0.1, -0.05) is 34.1 Å². The molecule has 0 saturated heterocycles. The number of hydrogen-bond acceptors (Lipinski definition) is 4. The maximum atomic E-state index is 6.32. The summed E-state index contributed by atoms with van der Waals surface area (Å²) in [5.41, 5.74) is 9.90. The summed E-state index contributed by atoms with van der Waals surface area (Å²) in [5.74, 6) is 0.682. The molecular weight excluding hydrogens is 340 g/mol. The van der Waals surface area contributed by atoms with Crippen molar-refractivity contribution in [2.45, 2.75) is 13.0 Å². The molecule has 0 aliphatic heterocycles. The van der Waals surface area contributed by atoms with Crippen molar-refractivity contribution in [1.82, 2.24) is 15.0 Å². The van der Waals surface area contributed by atoms with Gasteiger partial charge in [0, 0.05) is 28.1 Å². The van der Waals surface area contributed by atoms with Gasteiger partial charge in [-0.3, -0.25) is 4.98 Å². The predicted molar refractivity (Wildman–Crippen MR) is 90.2 cm³/mol. The molecule has 1 atom stereocenters. The lowest BCUT2D eigenvalue weighted by molar-refractivity contribution is 0.812. The number of nitrogens with zero attached hydrogens (tertiary/aromatic N) is 3. The molecule has 0 amide bonds. The van der Waals surface area contributed by atoms with Gasteiger partial charge in [-0.2, -0.15) is 0 Å². The van der Waals surface area contributed by atoms with Gasteiger partial charge in [0.05, 0.1) is 11.7 Å². The van der Waals surface area contributed by atoms with Crippen molar-refractivity contribution in [3.63, 3.8) is 0 Å². The third kappa shape index (κ3) is 3.21. The first-order valence-electron chi connectivity index (χ1n) is 6.90. The highest BCUT2D eigenvalue weighted by atomic mass is 79.9. The van der Waals surface area contributed by atoms with E-state index in [0.717, 1.165) is 27.0 Å². The zero-order valence-corrected chi connectivity index (χ0v) is 13.7. The molecule has 4 nitrogen and oxygen atoms in total. The van der Waals surface area contributed by atoms with E-state index >= 15 is 0 Å². The van der Waals surface area contributed by atoms with Crippen LogP contribution in [0.3, 0.4) is 0 Å². The summed E-state index contributed by atoms with van der Waals surface area (Å²) in [7, 11) is 0. The molecule has 0 aliphatic carbocycles. The monoisotopic (exact) mass is 354 g/mol. The summed E-state index contributed by atoms with van der Waals surface area (Å²) in [6.07, 6.45) is 3.50. The summed E-state index contributed by atoms with van der Waals surface area (Å²) < 4.78 is 1.02. The first kappa shape index (κ1) is 14.8. The average Bonchev–Trinajstić information content (AvgIpc) is 2.55. The zero-order valence-electron chi connectivity index (χ0n) is 12.1. The average molecular weight is 355 g/mol. The molecule has 0 spiro atoms. The molecule has 1 unspecified atom stereocenters. The maximum Gasteiger partial charge on any atom is 0.159 e. The lowest BCUT2D eigenvalue weighted by Gasteiger charge is -2.13. The Kier molecular flexibility index (Phi) is 4.27. The fraction of sp³-hybridized carbons (Fsp3) is 0.118. The molecule has 2 aromatic heterocycles. The van der Waals surface area contributed by atoms with Crippen molar-refractivity contribution >= 4 is 15.9 Å². The van der Waals surface area contributed by atoms with Crippen LogP contribution in [0.25, 0.3) is 11.4 Å². The third-order valence-electron chi connectivity index (χ3n) is 3.34. The minimum absolute atomic E-state index is 0.315. The first-order chi connectivity index (χ1) is 10.6. The first-order valence-corrected chi connectivity index (χ1v) is 7.70. The Balaban J connectivity index is 2.01. The van der Waals surface area contributed by atoms with Crippen molar-refractivity contribution in [3.05, 3.63) is 76.3 Å². The van der Waals surface area contributed by atoms with Crippen LogP contribution >= 0.6 is 15.9 Å². The van der Waals surface area contributed by atoms with Gasteiger partial charge in [0.25, 0.3) is 0 Å². The normalized spacial score (nSPS) is 12.1. The summed E-state index contributed by atoms with van der Waals surface area (Å²) in [6.45, 7) is 1.95. The Bertz CT molecular complexity index is 772.